The Morgan fingerprint density at radius 3 is 2.40 bits per heavy atom. The summed E-state index contributed by atoms with van der Waals surface area (Å²) in [6.45, 7) is 4.20. The molecule has 7 nitrogen and oxygen atoms in total. The predicted octanol–water partition coefficient (Wildman–Crippen LogP) is 1.09. The van der Waals surface area contributed by atoms with E-state index in [1.165, 1.54) is 11.3 Å². The molecule has 110 valence electrons. The lowest BCUT2D eigenvalue weighted by Crippen LogP contribution is -2.46. The van der Waals surface area contributed by atoms with Gasteiger partial charge in [-0.2, -0.15) is 0 Å². The van der Waals surface area contributed by atoms with E-state index >= 15 is 0 Å². The van der Waals surface area contributed by atoms with Gasteiger partial charge in [-0.15, -0.1) is 11.3 Å². The summed E-state index contributed by atoms with van der Waals surface area (Å²) in [6, 6.07) is -0.215. The highest BCUT2D eigenvalue weighted by Gasteiger charge is 2.22. The van der Waals surface area contributed by atoms with Crippen molar-refractivity contribution < 1.29 is 24.6 Å². The van der Waals surface area contributed by atoms with Crippen LogP contribution in [0.2, 0.25) is 0 Å². The minimum atomic E-state index is -1.45. The van der Waals surface area contributed by atoms with Gasteiger partial charge in [-0.05, 0) is 25.5 Å². The van der Waals surface area contributed by atoms with Crippen molar-refractivity contribution in [2.45, 2.75) is 32.9 Å². The lowest BCUT2D eigenvalue weighted by atomic mass is 10.2. The minimum Gasteiger partial charge on any atom is -0.481 e. The maximum absolute atomic E-state index is 11.5. The van der Waals surface area contributed by atoms with Gasteiger partial charge in [0, 0.05) is 9.75 Å². The second kappa shape index (κ2) is 6.90. The van der Waals surface area contributed by atoms with Gasteiger partial charge < -0.3 is 20.8 Å². The first-order chi connectivity index (χ1) is 9.29. The first-order valence-corrected chi connectivity index (χ1v) is 6.66. The summed E-state index contributed by atoms with van der Waals surface area (Å²) in [5.41, 5.74) is 1.13. The van der Waals surface area contributed by atoms with Gasteiger partial charge in [-0.3, -0.25) is 4.79 Å². The molecule has 0 fully saturated rings. The SMILES string of the molecule is Cc1cc(CNC(=O)NC(CC(=O)O)C(=O)O)sc1C. The molecule has 0 spiro atoms. The number of carboxylic acids is 2. The second-order valence-corrected chi connectivity index (χ2v) is 5.61. The summed E-state index contributed by atoms with van der Waals surface area (Å²) in [7, 11) is 0. The van der Waals surface area contributed by atoms with E-state index in [4.69, 9.17) is 10.2 Å². The van der Waals surface area contributed by atoms with E-state index in [2.05, 4.69) is 10.6 Å². The summed E-state index contributed by atoms with van der Waals surface area (Å²) < 4.78 is 0. The second-order valence-electron chi connectivity index (χ2n) is 4.27. The molecular weight excluding hydrogens is 284 g/mol. The van der Waals surface area contributed by atoms with Gasteiger partial charge in [0.15, 0.2) is 0 Å². The largest absolute Gasteiger partial charge is 0.481 e. The molecule has 1 aromatic heterocycles. The monoisotopic (exact) mass is 300 g/mol. The Hall–Kier alpha value is -2.09. The third kappa shape index (κ3) is 4.88. The van der Waals surface area contributed by atoms with Crippen LogP contribution in [0.15, 0.2) is 6.07 Å². The van der Waals surface area contributed by atoms with E-state index in [9.17, 15) is 14.4 Å². The third-order valence-electron chi connectivity index (χ3n) is 2.62. The number of thiophene rings is 1. The molecule has 0 saturated heterocycles. The van der Waals surface area contributed by atoms with Crippen molar-refractivity contribution in [3.8, 4) is 0 Å². The van der Waals surface area contributed by atoms with E-state index in [0.29, 0.717) is 0 Å². The Labute approximate surface area is 119 Å². The van der Waals surface area contributed by atoms with E-state index in [0.717, 1.165) is 15.3 Å². The van der Waals surface area contributed by atoms with E-state index in [1.54, 1.807) is 0 Å². The van der Waals surface area contributed by atoms with Crippen LogP contribution in [0, 0.1) is 13.8 Å². The zero-order chi connectivity index (χ0) is 15.3. The van der Waals surface area contributed by atoms with Gasteiger partial charge >= 0.3 is 18.0 Å². The molecule has 1 atom stereocenters. The first-order valence-electron chi connectivity index (χ1n) is 5.84. The van der Waals surface area contributed by atoms with Crippen LogP contribution in [0.25, 0.3) is 0 Å². The number of carbonyl (C=O) groups excluding carboxylic acids is 1. The number of hydrogen-bond acceptors (Lipinski definition) is 4. The summed E-state index contributed by atoms with van der Waals surface area (Å²) in [5, 5.41) is 22.0. The molecule has 20 heavy (non-hydrogen) atoms. The molecule has 1 aromatic rings. The number of urea groups is 1. The van der Waals surface area contributed by atoms with Gasteiger partial charge in [0.25, 0.3) is 0 Å². The van der Waals surface area contributed by atoms with Crippen molar-refractivity contribution in [1.29, 1.82) is 0 Å². The number of aryl methyl sites for hydroxylation is 2. The van der Waals surface area contributed by atoms with Crippen molar-refractivity contribution in [3.63, 3.8) is 0 Å². The summed E-state index contributed by atoms with van der Waals surface area (Å²) in [5.74, 6) is -2.67. The minimum absolute atomic E-state index is 0.268. The molecule has 2 amide bonds. The number of amides is 2. The van der Waals surface area contributed by atoms with E-state index in [1.807, 2.05) is 19.9 Å². The van der Waals surface area contributed by atoms with Crippen LogP contribution in [-0.4, -0.2) is 34.2 Å². The molecule has 0 aromatic carbocycles. The van der Waals surface area contributed by atoms with Crippen molar-refractivity contribution in [2.75, 3.05) is 0 Å². The summed E-state index contributed by atoms with van der Waals surface area (Å²) in [4.78, 5) is 34.9. The molecule has 0 aliphatic carbocycles. The van der Waals surface area contributed by atoms with Crippen LogP contribution in [-0.2, 0) is 16.1 Å². The van der Waals surface area contributed by atoms with Gasteiger partial charge in [-0.1, -0.05) is 0 Å². The molecule has 0 aliphatic heterocycles. The standard InChI is InChI=1S/C12H16N2O5S/c1-6-3-8(20-7(6)2)5-13-12(19)14-9(11(17)18)4-10(15)16/h3,9H,4-5H2,1-2H3,(H,15,16)(H,17,18)(H2,13,14,19). The zero-order valence-corrected chi connectivity index (χ0v) is 11.9. The van der Waals surface area contributed by atoms with Gasteiger partial charge in [0.2, 0.25) is 0 Å². The normalized spacial score (nSPS) is 11.7. The maximum Gasteiger partial charge on any atom is 0.326 e. The molecule has 4 N–H and O–H groups in total. The van der Waals surface area contributed by atoms with Crippen molar-refractivity contribution in [2.24, 2.45) is 0 Å². The molecule has 1 rings (SSSR count). The Morgan fingerprint density at radius 2 is 1.95 bits per heavy atom. The fraction of sp³-hybridized carbons (Fsp3) is 0.417. The molecule has 1 unspecified atom stereocenters. The first kappa shape index (κ1) is 16.0. The van der Waals surface area contributed by atoms with Crippen LogP contribution >= 0.6 is 11.3 Å². The zero-order valence-electron chi connectivity index (χ0n) is 11.1. The number of carbonyl (C=O) groups is 3. The molecule has 0 aliphatic rings. The number of rotatable bonds is 6. The quantitative estimate of drug-likeness (QED) is 0.627. The Bertz CT molecular complexity index is 506. The van der Waals surface area contributed by atoms with Gasteiger partial charge in [0.05, 0.1) is 13.0 Å². The molecule has 0 bridgehead atoms. The van der Waals surface area contributed by atoms with Crippen LogP contribution in [0.5, 0.6) is 0 Å². The molecular formula is C12H16N2O5S. The Balaban J connectivity index is 2.49. The third-order valence-corrected chi connectivity index (χ3v) is 3.77. The van der Waals surface area contributed by atoms with E-state index in [-0.39, 0.29) is 6.54 Å². The molecule has 0 radical (unpaired) electrons. The highest BCUT2D eigenvalue weighted by molar-refractivity contribution is 7.12. The topological polar surface area (TPSA) is 116 Å². The van der Waals surface area contributed by atoms with Crippen molar-refractivity contribution in [3.05, 3.63) is 21.4 Å². The average Bonchev–Trinajstić information content (AvgIpc) is 2.65. The highest BCUT2D eigenvalue weighted by Crippen LogP contribution is 2.20. The van der Waals surface area contributed by atoms with Crippen LogP contribution in [0.4, 0.5) is 4.79 Å². The predicted molar refractivity (Wildman–Crippen MR) is 72.8 cm³/mol. The van der Waals surface area contributed by atoms with Crippen molar-refractivity contribution >= 4 is 29.3 Å². The number of carboxylic acid groups (broad SMARTS) is 2. The van der Waals surface area contributed by atoms with Crippen LogP contribution in [0.3, 0.4) is 0 Å². The number of aliphatic carboxylic acids is 2. The van der Waals surface area contributed by atoms with E-state index < -0.39 is 30.4 Å². The molecule has 0 saturated carbocycles. The fourth-order valence-corrected chi connectivity index (χ4v) is 2.48. The highest BCUT2D eigenvalue weighted by atomic mass is 32.1. The smallest absolute Gasteiger partial charge is 0.326 e. The average molecular weight is 300 g/mol. The molecule has 8 heteroatoms. The lowest BCUT2D eigenvalue weighted by molar-refractivity contribution is -0.145. The van der Waals surface area contributed by atoms with Crippen LogP contribution in [0.1, 0.15) is 21.7 Å². The fourth-order valence-electron chi connectivity index (χ4n) is 1.49. The number of hydrogen-bond donors (Lipinski definition) is 4. The Morgan fingerprint density at radius 1 is 1.30 bits per heavy atom. The van der Waals surface area contributed by atoms with Crippen LogP contribution < -0.4 is 10.6 Å². The Kier molecular flexibility index (Phi) is 5.51. The summed E-state index contributed by atoms with van der Waals surface area (Å²) >= 11 is 1.54. The maximum atomic E-state index is 11.5. The lowest BCUT2D eigenvalue weighted by Gasteiger charge is -2.12. The van der Waals surface area contributed by atoms with Gasteiger partial charge in [0.1, 0.15) is 6.04 Å². The molecule has 1 heterocycles. The van der Waals surface area contributed by atoms with Gasteiger partial charge in [-0.25, -0.2) is 9.59 Å². The van der Waals surface area contributed by atoms with Crippen molar-refractivity contribution in [1.82, 2.24) is 10.6 Å². The number of nitrogens with one attached hydrogen (secondary N) is 2. The summed E-state index contributed by atoms with van der Waals surface area (Å²) in [6.07, 6.45) is -0.667.